The summed E-state index contributed by atoms with van der Waals surface area (Å²) >= 11 is 5.31. The average molecular weight is 352 g/mol. The number of hydrogen-bond donors (Lipinski definition) is 1. The number of benzene rings is 2. The molecule has 128 valence electrons. The van der Waals surface area contributed by atoms with Gasteiger partial charge in [-0.25, -0.2) is 0 Å². The summed E-state index contributed by atoms with van der Waals surface area (Å²) in [5, 5.41) is 3.74. The molecule has 24 heavy (non-hydrogen) atoms. The molecule has 0 fully saturated rings. The Labute approximate surface area is 145 Å². The number of rotatable bonds is 5. The summed E-state index contributed by atoms with van der Waals surface area (Å²) in [6.45, 7) is 1.16. The van der Waals surface area contributed by atoms with Gasteiger partial charge in [0.2, 0.25) is 0 Å². The minimum absolute atomic E-state index is 0.454. The summed E-state index contributed by atoms with van der Waals surface area (Å²) in [6, 6.07) is 15.2. The van der Waals surface area contributed by atoms with Crippen molar-refractivity contribution in [2.45, 2.75) is 19.1 Å². The van der Waals surface area contributed by atoms with Crippen molar-refractivity contribution in [3.8, 4) is 0 Å². The van der Waals surface area contributed by atoms with Crippen LogP contribution in [-0.4, -0.2) is 23.6 Å². The van der Waals surface area contributed by atoms with Crippen LogP contribution in [0.4, 0.5) is 13.2 Å². The second kappa shape index (κ2) is 8.15. The van der Waals surface area contributed by atoms with Crippen LogP contribution in [0.3, 0.4) is 0 Å². The van der Waals surface area contributed by atoms with E-state index in [0.29, 0.717) is 18.2 Å². The molecule has 0 atom stereocenters. The fraction of sp³-hybridized carbons (Fsp3) is 0.278. The van der Waals surface area contributed by atoms with E-state index in [0.717, 1.165) is 24.1 Å². The molecular formula is C18H19F3N2S. The smallest absolute Gasteiger partial charge is 0.362 e. The van der Waals surface area contributed by atoms with Crippen LogP contribution in [-0.2, 0) is 19.1 Å². The Bertz CT molecular complexity index is 654. The number of nitrogens with zero attached hydrogens (tertiary/aromatic N) is 1. The van der Waals surface area contributed by atoms with Crippen molar-refractivity contribution in [3.05, 3.63) is 71.3 Å². The molecule has 0 heterocycles. The van der Waals surface area contributed by atoms with Crippen molar-refractivity contribution < 1.29 is 13.2 Å². The van der Waals surface area contributed by atoms with Crippen molar-refractivity contribution in [1.82, 2.24) is 10.2 Å². The van der Waals surface area contributed by atoms with Crippen LogP contribution in [0, 0.1) is 0 Å². The van der Waals surface area contributed by atoms with Gasteiger partial charge in [-0.2, -0.15) is 13.2 Å². The van der Waals surface area contributed by atoms with Gasteiger partial charge in [0.1, 0.15) is 0 Å². The molecule has 0 aliphatic heterocycles. The standard InChI is InChI=1S/C18H19F3N2S/c1-23(13-15-7-9-16(10-8-15)18(19,20)21)17(24)22-12-11-14-5-3-2-4-6-14/h2-10H,11-13H2,1H3,(H,22,24). The van der Waals surface area contributed by atoms with Gasteiger partial charge in [0.15, 0.2) is 5.11 Å². The molecule has 0 spiro atoms. The zero-order chi connectivity index (χ0) is 17.6. The topological polar surface area (TPSA) is 15.3 Å². The molecule has 2 aromatic carbocycles. The predicted octanol–water partition coefficient (Wildman–Crippen LogP) is 4.25. The van der Waals surface area contributed by atoms with E-state index in [1.54, 1.807) is 0 Å². The van der Waals surface area contributed by atoms with Gasteiger partial charge in [0, 0.05) is 20.1 Å². The first-order valence-electron chi connectivity index (χ1n) is 7.55. The zero-order valence-electron chi connectivity index (χ0n) is 13.3. The molecule has 0 unspecified atom stereocenters. The fourth-order valence-electron chi connectivity index (χ4n) is 2.24. The van der Waals surface area contributed by atoms with Gasteiger partial charge in [0.25, 0.3) is 0 Å². The second-order valence-electron chi connectivity index (χ2n) is 5.52. The molecule has 0 bridgehead atoms. The van der Waals surface area contributed by atoms with Gasteiger partial charge in [0.05, 0.1) is 5.56 Å². The van der Waals surface area contributed by atoms with E-state index < -0.39 is 11.7 Å². The molecule has 0 aliphatic carbocycles. The second-order valence-corrected chi connectivity index (χ2v) is 5.90. The minimum Gasteiger partial charge on any atom is -0.362 e. The third-order valence-corrected chi connectivity index (χ3v) is 4.04. The lowest BCUT2D eigenvalue weighted by molar-refractivity contribution is -0.137. The molecule has 0 amide bonds. The predicted molar refractivity (Wildman–Crippen MR) is 93.7 cm³/mol. The molecule has 0 saturated heterocycles. The monoisotopic (exact) mass is 352 g/mol. The van der Waals surface area contributed by atoms with E-state index in [4.69, 9.17) is 12.2 Å². The van der Waals surface area contributed by atoms with E-state index in [2.05, 4.69) is 17.4 Å². The molecule has 6 heteroatoms. The van der Waals surface area contributed by atoms with Crippen LogP contribution < -0.4 is 5.32 Å². The summed E-state index contributed by atoms with van der Waals surface area (Å²) in [7, 11) is 1.82. The van der Waals surface area contributed by atoms with E-state index in [1.165, 1.54) is 17.7 Å². The van der Waals surface area contributed by atoms with E-state index in [9.17, 15) is 13.2 Å². The first-order chi connectivity index (χ1) is 11.4. The molecule has 2 nitrogen and oxygen atoms in total. The first-order valence-corrected chi connectivity index (χ1v) is 7.96. The molecule has 1 N–H and O–H groups in total. The highest BCUT2D eigenvalue weighted by atomic mass is 32.1. The third kappa shape index (κ3) is 5.53. The van der Waals surface area contributed by atoms with Crippen LogP contribution >= 0.6 is 12.2 Å². The molecule has 2 rings (SSSR count). The Morgan fingerprint density at radius 3 is 2.21 bits per heavy atom. The van der Waals surface area contributed by atoms with Gasteiger partial charge < -0.3 is 10.2 Å². The Kier molecular flexibility index (Phi) is 6.20. The van der Waals surface area contributed by atoms with Gasteiger partial charge in [-0.1, -0.05) is 42.5 Å². The lowest BCUT2D eigenvalue weighted by Crippen LogP contribution is -2.37. The summed E-state index contributed by atoms with van der Waals surface area (Å²) < 4.78 is 37.6. The highest BCUT2D eigenvalue weighted by Gasteiger charge is 2.29. The quantitative estimate of drug-likeness (QED) is 0.810. The number of thiocarbonyl (C=S) groups is 1. The highest BCUT2D eigenvalue weighted by molar-refractivity contribution is 7.80. The molecule has 0 radical (unpaired) electrons. The van der Waals surface area contributed by atoms with Crippen LogP contribution in [0.25, 0.3) is 0 Å². The molecule has 0 aliphatic rings. The van der Waals surface area contributed by atoms with E-state index in [1.807, 2.05) is 30.1 Å². The van der Waals surface area contributed by atoms with Crippen LogP contribution in [0.1, 0.15) is 16.7 Å². The zero-order valence-corrected chi connectivity index (χ0v) is 14.1. The summed E-state index contributed by atoms with van der Waals surface area (Å²) in [5.41, 5.74) is 1.35. The molecule has 2 aromatic rings. The molecule has 0 aromatic heterocycles. The fourth-order valence-corrected chi connectivity index (χ4v) is 2.40. The summed E-state index contributed by atoms with van der Waals surface area (Å²) in [6.07, 6.45) is -3.45. The third-order valence-electron chi connectivity index (χ3n) is 3.58. The van der Waals surface area contributed by atoms with Crippen molar-refractivity contribution in [1.29, 1.82) is 0 Å². The summed E-state index contributed by atoms with van der Waals surface area (Å²) in [5.74, 6) is 0. The van der Waals surface area contributed by atoms with Crippen molar-refractivity contribution >= 4 is 17.3 Å². The van der Waals surface area contributed by atoms with Crippen molar-refractivity contribution in [2.24, 2.45) is 0 Å². The van der Waals surface area contributed by atoms with E-state index >= 15 is 0 Å². The van der Waals surface area contributed by atoms with Crippen LogP contribution in [0.5, 0.6) is 0 Å². The lowest BCUT2D eigenvalue weighted by atomic mass is 10.1. The van der Waals surface area contributed by atoms with Gasteiger partial charge in [-0.05, 0) is 41.9 Å². The number of nitrogens with one attached hydrogen (secondary N) is 1. The first kappa shape index (κ1) is 18.3. The van der Waals surface area contributed by atoms with Crippen molar-refractivity contribution in [3.63, 3.8) is 0 Å². The SMILES string of the molecule is CN(Cc1ccc(C(F)(F)F)cc1)C(=S)NCCc1ccccc1. The minimum atomic E-state index is -4.31. The normalized spacial score (nSPS) is 11.2. The summed E-state index contributed by atoms with van der Waals surface area (Å²) in [4.78, 5) is 1.81. The maximum atomic E-state index is 12.5. The Hall–Kier alpha value is -2.08. The number of halogens is 3. The van der Waals surface area contributed by atoms with Gasteiger partial charge >= 0.3 is 6.18 Å². The largest absolute Gasteiger partial charge is 0.416 e. The Morgan fingerprint density at radius 1 is 1.00 bits per heavy atom. The van der Waals surface area contributed by atoms with Gasteiger partial charge in [-0.15, -0.1) is 0 Å². The lowest BCUT2D eigenvalue weighted by Gasteiger charge is -2.21. The maximum Gasteiger partial charge on any atom is 0.416 e. The van der Waals surface area contributed by atoms with Gasteiger partial charge in [-0.3, -0.25) is 0 Å². The van der Waals surface area contributed by atoms with Crippen molar-refractivity contribution in [2.75, 3.05) is 13.6 Å². The Morgan fingerprint density at radius 2 is 1.62 bits per heavy atom. The number of alkyl halides is 3. The molecule has 0 saturated carbocycles. The number of hydrogen-bond acceptors (Lipinski definition) is 1. The maximum absolute atomic E-state index is 12.5. The van der Waals surface area contributed by atoms with E-state index in [-0.39, 0.29) is 0 Å². The molecular weight excluding hydrogens is 333 g/mol. The Balaban J connectivity index is 1.81. The average Bonchev–Trinajstić information content (AvgIpc) is 2.55. The highest BCUT2D eigenvalue weighted by Crippen LogP contribution is 2.29. The van der Waals surface area contributed by atoms with Crippen LogP contribution in [0.2, 0.25) is 0 Å². The van der Waals surface area contributed by atoms with Crippen LogP contribution in [0.15, 0.2) is 54.6 Å².